The van der Waals surface area contributed by atoms with Gasteiger partial charge in [-0.15, -0.1) is 10.2 Å². The van der Waals surface area contributed by atoms with Crippen molar-refractivity contribution in [2.24, 2.45) is 0 Å². The smallest absolute Gasteiger partial charge is 0.265 e. The third-order valence-electron chi connectivity index (χ3n) is 5.99. The molecule has 0 atom stereocenters. The number of nitrogens with zero attached hydrogens (tertiary/aromatic N) is 5. The van der Waals surface area contributed by atoms with Crippen molar-refractivity contribution in [3.05, 3.63) is 83.2 Å². The van der Waals surface area contributed by atoms with E-state index in [1.807, 2.05) is 6.92 Å². The molecule has 0 amide bonds. The molecule has 0 saturated heterocycles. The van der Waals surface area contributed by atoms with Gasteiger partial charge >= 0.3 is 0 Å². The van der Waals surface area contributed by atoms with Gasteiger partial charge in [0.2, 0.25) is 0 Å². The molecule has 0 fully saturated rings. The van der Waals surface area contributed by atoms with Crippen LogP contribution in [0.1, 0.15) is 23.9 Å². The second-order valence-corrected chi connectivity index (χ2v) is 10.1. The highest BCUT2D eigenvalue weighted by molar-refractivity contribution is 7.92. The fourth-order valence-electron chi connectivity index (χ4n) is 4.04. The highest BCUT2D eigenvalue weighted by Crippen LogP contribution is 2.39. The molecule has 0 saturated carbocycles. The van der Waals surface area contributed by atoms with Crippen molar-refractivity contribution < 1.29 is 31.4 Å². The van der Waals surface area contributed by atoms with E-state index in [9.17, 15) is 17.2 Å². The van der Waals surface area contributed by atoms with Gasteiger partial charge in [0.1, 0.15) is 17.4 Å². The van der Waals surface area contributed by atoms with Crippen LogP contribution >= 0.6 is 0 Å². The summed E-state index contributed by atoms with van der Waals surface area (Å²) in [5.41, 5.74) is 0.154. The van der Waals surface area contributed by atoms with E-state index in [1.165, 1.54) is 50.4 Å². The van der Waals surface area contributed by atoms with Crippen molar-refractivity contribution in [2.75, 3.05) is 25.6 Å². The number of benzene rings is 3. The Bertz CT molecular complexity index is 1560. The average Bonchev–Trinajstić information content (AvgIpc) is 3.41. The standard InChI is InChI=1S/C26H27F2N5O5S/c1-5-33-30-25(29-31-33)16-32(39(34,35)18-12-13-22(36-2)24(15-18)38-4)26-17(8-6-11-23(26)37-3)14-19-20(27)9-7-10-21(19)28/h6-13,15H,5,14,16H2,1-4H3. The summed E-state index contributed by atoms with van der Waals surface area (Å²) in [6.45, 7) is 1.89. The van der Waals surface area contributed by atoms with Gasteiger partial charge in [0.25, 0.3) is 10.0 Å². The summed E-state index contributed by atoms with van der Waals surface area (Å²) < 4.78 is 74.9. The average molecular weight is 560 g/mol. The second kappa shape index (κ2) is 11.6. The van der Waals surface area contributed by atoms with Gasteiger partial charge in [-0.25, -0.2) is 17.2 Å². The first-order chi connectivity index (χ1) is 18.7. The summed E-state index contributed by atoms with van der Waals surface area (Å²) in [5, 5.41) is 12.2. The van der Waals surface area contributed by atoms with E-state index in [2.05, 4.69) is 15.4 Å². The molecule has 10 nitrogen and oxygen atoms in total. The van der Waals surface area contributed by atoms with Gasteiger partial charge in [-0.1, -0.05) is 18.2 Å². The molecule has 4 rings (SSSR count). The third-order valence-corrected chi connectivity index (χ3v) is 7.73. The van der Waals surface area contributed by atoms with E-state index in [0.29, 0.717) is 17.9 Å². The van der Waals surface area contributed by atoms with Crippen molar-refractivity contribution in [2.45, 2.75) is 31.3 Å². The maximum absolute atomic E-state index is 14.6. The number of aryl methyl sites for hydroxylation is 1. The lowest BCUT2D eigenvalue weighted by Crippen LogP contribution is -2.32. The summed E-state index contributed by atoms with van der Waals surface area (Å²) >= 11 is 0. The third kappa shape index (κ3) is 5.62. The molecule has 39 heavy (non-hydrogen) atoms. The van der Waals surface area contributed by atoms with Crippen LogP contribution in [-0.2, 0) is 29.5 Å². The highest BCUT2D eigenvalue weighted by Gasteiger charge is 2.32. The lowest BCUT2D eigenvalue weighted by molar-refractivity contribution is 0.354. The van der Waals surface area contributed by atoms with Crippen molar-refractivity contribution in [1.29, 1.82) is 0 Å². The predicted octanol–water partition coefficient (Wildman–Crippen LogP) is 3.98. The van der Waals surface area contributed by atoms with Crippen LogP contribution in [0.2, 0.25) is 0 Å². The Morgan fingerprint density at radius 2 is 1.56 bits per heavy atom. The number of methoxy groups -OCH3 is 3. The van der Waals surface area contributed by atoms with Crippen molar-refractivity contribution in [3.63, 3.8) is 0 Å². The summed E-state index contributed by atoms with van der Waals surface area (Å²) in [5.74, 6) is -0.715. The fourth-order valence-corrected chi connectivity index (χ4v) is 5.52. The number of halogens is 2. The number of hydrogen-bond acceptors (Lipinski definition) is 8. The van der Waals surface area contributed by atoms with Gasteiger partial charge in [-0.3, -0.25) is 4.31 Å². The molecule has 0 bridgehead atoms. The largest absolute Gasteiger partial charge is 0.495 e. The molecule has 0 unspecified atom stereocenters. The van der Waals surface area contributed by atoms with Crippen LogP contribution in [0.4, 0.5) is 14.5 Å². The molecule has 0 radical (unpaired) electrons. The topological polar surface area (TPSA) is 109 Å². The van der Waals surface area contributed by atoms with Crippen LogP contribution in [0.15, 0.2) is 59.5 Å². The second-order valence-electron chi connectivity index (χ2n) is 8.27. The number of anilines is 1. The van der Waals surface area contributed by atoms with Crippen molar-refractivity contribution >= 4 is 15.7 Å². The van der Waals surface area contributed by atoms with Crippen molar-refractivity contribution in [1.82, 2.24) is 20.2 Å². The SMILES string of the molecule is CCn1nnc(CN(c2c(Cc3c(F)cccc3F)cccc2OC)S(=O)(=O)c2ccc(OC)c(OC)c2)n1. The molecule has 4 aromatic rings. The minimum absolute atomic E-state index is 0.0743. The number of rotatable bonds is 11. The first-order valence-corrected chi connectivity index (χ1v) is 13.3. The highest BCUT2D eigenvalue weighted by atomic mass is 32.2. The van der Waals surface area contributed by atoms with Gasteiger partial charge in [0, 0.05) is 18.1 Å². The lowest BCUT2D eigenvalue weighted by Gasteiger charge is -2.27. The Hall–Kier alpha value is -4.26. The van der Waals surface area contributed by atoms with Crippen LogP contribution in [0.25, 0.3) is 0 Å². The van der Waals surface area contributed by atoms with Gasteiger partial charge in [0.15, 0.2) is 17.3 Å². The monoisotopic (exact) mass is 559 g/mol. The molecule has 13 heteroatoms. The van der Waals surface area contributed by atoms with E-state index in [-0.39, 0.29) is 46.4 Å². The van der Waals surface area contributed by atoms with Crippen LogP contribution in [0.5, 0.6) is 17.2 Å². The molecule has 0 N–H and O–H groups in total. The van der Waals surface area contributed by atoms with Gasteiger partial charge in [0.05, 0.1) is 45.0 Å². The number of ether oxygens (including phenoxy) is 3. The summed E-state index contributed by atoms with van der Waals surface area (Å²) in [4.78, 5) is 1.19. The Morgan fingerprint density at radius 1 is 0.897 bits per heavy atom. The van der Waals surface area contributed by atoms with Crippen LogP contribution in [0, 0.1) is 11.6 Å². The molecule has 1 aromatic heterocycles. The summed E-state index contributed by atoms with van der Waals surface area (Å²) in [6.07, 6.45) is -0.252. The number of aromatic nitrogens is 4. The number of tetrazole rings is 1. The molecular weight excluding hydrogens is 532 g/mol. The minimum Gasteiger partial charge on any atom is -0.495 e. The zero-order valence-corrected chi connectivity index (χ0v) is 22.6. The van der Waals surface area contributed by atoms with E-state index in [0.717, 1.165) is 16.4 Å². The zero-order chi connectivity index (χ0) is 28.2. The zero-order valence-electron chi connectivity index (χ0n) is 21.8. The van der Waals surface area contributed by atoms with Crippen LogP contribution in [-0.4, -0.2) is 50.0 Å². The van der Waals surface area contributed by atoms with E-state index < -0.39 is 21.7 Å². The predicted molar refractivity (Wildman–Crippen MR) is 139 cm³/mol. The minimum atomic E-state index is -4.36. The molecule has 0 aliphatic rings. The number of para-hydroxylation sites is 1. The summed E-state index contributed by atoms with van der Waals surface area (Å²) in [7, 11) is -0.164. The quantitative estimate of drug-likeness (QED) is 0.272. The van der Waals surface area contributed by atoms with E-state index >= 15 is 0 Å². The lowest BCUT2D eigenvalue weighted by atomic mass is 10.0. The van der Waals surface area contributed by atoms with Crippen LogP contribution in [0.3, 0.4) is 0 Å². The van der Waals surface area contributed by atoms with E-state index in [4.69, 9.17) is 14.2 Å². The first-order valence-electron chi connectivity index (χ1n) is 11.8. The van der Waals surface area contributed by atoms with Crippen molar-refractivity contribution in [3.8, 4) is 17.2 Å². The van der Waals surface area contributed by atoms with Gasteiger partial charge in [-0.05, 0) is 48.0 Å². The van der Waals surface area contributed by atoms with E-state index in [1.54, 1.807) is 18.2 Å². The first kappa shape index (κ1) is 27.8. The van der Waals surface area contributed by atoms with Gasteiger partial charge < -0.3 is 14.2 Å². The Labute approximate surface area is 224 Å². The number of hydrogen-bond donors (Lipinski definition) is 0. The fraction of sp³-hybridized carbons (Fsp3) is 0.269. The van der Waals surface area contributed by atoms with Crippen LogP contribution < -0.4 is 18.5 Å². The summed E-state index contributed by atoms with van der Waals surface area (Å²) in [6, 6.07) is 12.5. The molecule has 0 aliphatic carbocycles. The molecule has 206 valence electrons. The Morgan fingerprint density at radius 3 is 2.18 bits per heavy atom. The van der Waals surface area contributed by atoms with Gasteiger partial charge in [-0.2, -0.15) is 4.80 Å². The molecule has 3 aromatic carbocycles. The molecule has 1 heterocycles. The number of sulfonamides is 1. The Balaban J connectivity index is 1.93. The maximum Gasteiger partial charge on any atom is 0.265 e. The molecule has 0 spiro atoms. The Kier molecular flexibility index (Phi) is 8.29. The maximum atomic E-state index is 14.6. The molecular formula is C26H27F2N5O5S. The molecule has 0 aliphatic heterocycles. The normalized spacial score (nSPS) is 11.3.